The van der Waals surface area contributed by atoms with E-state index < -0.39 is 0 Å². The van der Waals surface area contributed by atoms with Gasteiger partial charge in [0.25, 0.3) is 5.91 Å². The normalized spacial score (nSPS) is 17.5. The van der Waals surface area contributed by atoms with E-state index in [4.69, 9.17) is 21.3 Å². The monoisotopic (exact) mass is 506 g/mol. The third-order valence-corrected chi connectivity index (χ3v) is 7.39. The number of rotatable bonds is 8. The SMILES string of the molecule is CCOc1ccc(-c2cc(C(=O)N[C@@H]3CC[C@H](NCc4cnc(Cl)s4)C3)c3ccccc3n2)cc1. The van der Waals surface area contributed by atoms with Crippen molar-refractivity contribution in [2.75, 3.05) is 6.61 Å². The molecule has 1 aliphatic carbocycles. The zero-order valence-electron chi connectivity index (χ0n) is 19.5. The number of hydrogen-bond donors (Lipinski definition) is 2. The Morgan fingerprint density at radius 2 is 1.94 bits per heavy atom. The highest BCUT2D eigenvalue weighted by atomic mass is 35.5. The zero-order valence-corrected chi connectivity index (χ0v) is 21.0. The molecule has 2 N–H and O–H groups in total. The van der Waals surface area contributed by atoms with E-state index in [0.29, 0.717) is 22.7 Å². The van der Waals surface area contributed by atoms with Crippen LogP contribution in [0.4, 0.5) is 0 Å². The molecule has 1 fully saturated rings. The number of nitrogens with zero attached hydrogens (tertiary/aromatic N) is 2. The minimum absolute atomic E-state index is 0.0596. The van der Waals surface area contributed by atoms with Crippen LogP contribution in [0.25, 0.3) is 22.2 Å². The van der Waals surface area contributed by atoms with Crippen LogP contribution in [0.1, 0.15) is 41.4 Å². The lowest BCUT2D eigenvalue weighted by atomic mass is 10.0. The number of thiazole rings is 1. The van der Waals surface area contributed by atoms with Crippen molar-refractivity contribution >= 4 is 39.7 Å². The van der Waals surface area contributed by atoms with Crippen molar-refractivity contribution in [3.63, 3.8) is 0 Å². The van der Waals surface area contributed by atoms with Crippen LogP contribution >= 0.6 is 22.9 Å². The second kappa shape index (κ2) is 10.7. The van der Waals surface area contributed by atoms with Gasteiger partial charge in [-0.05, 0) is 62.6 Å². The lowest BCUT2D eigenvalue weighted by molar-refractivity contribution is 0.0939. The molecule has 1 amide bonds. The van der Waals surface area contributed by atoms with Gasteiger partial charge in [-0.15, -0.1) is 11.3 Å². The molecule has 0 spiro atoms. The molecule has 4 aromatic rings. The second-order valence-corrected chi connectivity index (χ2v) is 10.4. The fourth-order valence-corrected chi connectivity index (χ4v) is 5.50. The van der Waals surface area contributed by atoms with Gasteiger partial charge in [-0.1, -0.05) is 29.8 Å². The first-order chi connectivity index (χ1) is 17.1. The van der Waals surface area contributed by atoms with Gasteiger partial charge in [0.05, 0.1) is 23.4 Å². The molecule has 1 saturated carbocycles. The average molecular weight is 507 g/mol. The first kappa shape index (κ1) is 23.7. The molecular formula is C27H27ClN4O2S. The number of benzene rings is 2. The van der Waals surface area contributed by atoms with E-state index in [-0.39, 0.29) is 11.9 Å². The van der Waals surface area contributed by atoms with Crippen molar-refractivity contribution < 1.29 is 9.53 Å². The van der Waals surface area contributed by atoms with Crippen LogP contribution in [0.2, 0.25) is 4.47 Å². The maximum atomic E-state index is 13.4. The number of hydrogen-bond acceptors (Lipinski definition) is 6. The Balaban J connectivity index is 1.30. The van der Waals surface area contributed by atoms with Gasteiger partial charge in [-0.3, -0.25) is 4.79 Å². The highest BCUT2D eigenvalue weighted by Gasteiger charge is 2.26. The Morgan fingerprint density at radius 3 is 2.71 bits per heavy atom. The van der Waals surface area contributed by atoms with Crippen LogP contribution < -0.4 is 15.4 Å². The molecule has 0 bridgehead atoms. The van der Waals surface area contributed by atoms with Crippen molar-refractivity contribution in [2.45, 2.75) is 44.8 Å². The third kappa shape index (κ3) is 5.64. The summed E-state index contributed by atoms with van der Waals surface area (Å²) < 4.78 is 6.12. The highest BCUT2D eigenvalue weighted by molar-refractivity contribution is 7.15. The van der Waals surface area contributed by atoms with Gasteiger partial charge in [-0.2, -0.15) is 0 Å². The average Bonchev–Trinajstić information content (AvgIpc) is 3.51. The quantitative estimate of drug-likeness (QED) is 0.313. The number of halogens is 1. The Labute approximate surface area is 213 Å². The van der Waals surface area contributed by atoms with Crippen molar-refractivity contribution in [1.82, 2.24) is 20.6 Å². The smallest absolute Gasteiger partial charge is 0.252 e. The van der Waals surface area contributed by atoms with E-state index >= 15 is 0 Å². The molecule has 2 aromatic carbocycles. The number of carbonyl (C=O) groups excluding carboxylic acids is 1. The molecule has 5 rings (SSSR count). The summed E-state index contributed by atoms with van der Waals surface area (Å²) in [5, 5.41) is 7.69. The summed E-state index contributed by atoms with van der Waals surface area (Å²) in [6.07, 6.45) is 4.67. The van der Waals surface area contributed by atoms with Crippen LogP contribution in [-0.4, -0.2) is 34.6 Å². The van der Waals surface area contributed by atoms with Crippen LogP contribution in [0.5, 0.6) is 5.75 Å². The number of aromatic nitrogens is 2. The van der Waals surface area contributed by atoms with Gasteiger partial charge in [0.15, 0.2) is 4.47 Å². The second-order valence-electron chi connectivity index (χ2n) is 8.67. The molecule has 8 heteroatoms. The molecular weight excluding hydrogens is 480 g/mol. The summed E-state index contributed by atoms with van der Waals surface area (Å²) in [4.78, 5) is 23.5. The van der Waals surface area contributed by atoms with E-state index in [9.17, 15) is 4.79 Å². The Bertz CT molecular complexity index is 1320. The maximum Gasteiger partial charge on any atom is 0.252 e. The van der Waals surface area contributed by atoms with E-state index in [1.807, 2.05) is 67.7 Å². The number of carbonyl (C=O) groups is 1. The van der Waals surface area contributed by atoms with E-state index in [2.05, 4.69) is 15.6 Å². The summed E-state index contributed by atoms with van der Waals surface area (Å²) in [6, 6.07) is 18.0. The van der Waals surface area contributed by atoms with Crippen LogP contribution in [-0.2, 0) is 6.54 Å². The number of ether oxygens (including phenoxy) is 1. The molecule has 0 unspecified atom stereocenters. The zero-order chi connectivity index (χ0) is 24.2. The van der Waals surface area contributed by atoms with Crippen LogP contribution in [0.15, 0.2) is 60.8 Å². The third-order valence-electron chi connectivity index (χ3n) is 6.28. The fourth-order valence-electron chi connectivity index (χ4n) is 4.57. The van der Waals surface area contributed by atoms with Crippen molar-refractivity contribution in [2.24, 2.45) is 0 Å². The molecule has 0 radical (unpaired) electrons. The Hall–Kier alpha value is -3.00. The van der Waals surface area contributed by atoms with E-state index in [0.717, 1.165) is 58.6 Å². The molecule has 2 atom stereocenters. The molecule has 6 nitrogen and oxygen atoms in total. The Morgan fingerprint density at radius 1 is 1.14 bits per heavy atom. The topological polar surface area (TPSA) is 76.1 Å². The standard InChI is InChI=1S/C27H27ClN4O2S/c1-2-34-20-11-7-17(8-12-20)25-14-23(22-5-3-4-6-24(22)32-25)26(33)31-19-10-9-18(13-19)29-15-21-16-30-27(28)35-21/h3-8,11-12,14,16,18-19,29H,2,9-10,13,15H2,1H3,(H,31,33)/t18-,19+/m0/s1. The number of nitrogens with one attached hydrogen (secondary N) is 2. The predicted molar refractivity (Wildman–Crippen MR) is 141 cm³/mol. The molecule has 2 aromatic heterocycles. The van der Waals surface area contributed by atoms with E-state index in [1.54, 1.807) is 0 Å². The van der Waals surface area contributed by atoms with Gasteiger partial charge in [0.1, 0.15) is 5.75 Å². The van der Waals surface area contributed by atoms with Crippen molar-refractivity contribution in [1.29, 1.82) is 0 Å². The minimum Gasteiger partial charge on any atom is -0.494 e. The molecule has 35 heavy (non-hydrogen) atoms. The number of para-hydroxylation sites is 1. The Kier molecular flexibility index (Phi) is 7.27. The first-order valence-corrected chi connectivity index (χ1v) is 13.1. The lowest BCUT2D eigenvalue weighted by Gasteiger charge is -2.16. The highest BCUT2D eigenvalue weighted by Crippen LogP contribution is 2.28. The van der Waals surface area contributed by atoms with Crippen LogP contribution in [0, 0.1) is 0 Å². The molecule has 1 aliphatic rings. The number of pyridine rings is 1. The number of amides is 1. The molecule has 180 valence electrons. The fraction of sp³-hybridized carbons (Fsp3) is 0.296. The minimum atomic E-state index is -0.0596. The maximum absolute atomic E-state index is 13.4. The largest absolute Gasteiger partial charge is 0.494 e. The summed E-state index contributed by atoms with van der Waals surface area (Å²) >= 11 is 7.42. The first-order valence-electron chi connectivity index (χ1n) is 11.9. The number of fused-ring (bicyclic) bond motifs is 1. The molecule has 2 heterocycles. The lowest BCUT2D eigenvalue weighted by Crippen LogP contribution is -2.35. The molecule has 0 aliphatic heterocycles. The summed E-state index contributed by atoms with van der Waals surface area (Å²) in [7, 11) is 0. The van der Waals surface area contributed by atoms with Gasteiger partial charge in [0.2, 0.25) is 0 Å². The van der Waals surface area contributed by atoms with Gasteiger partial charge >= 0.3 is 0 Å². The summed E-state index contributed by atoms with van der Waals surface area (Å²) in [5.41, 5.74) is 3.17. The summed E-state index contributed by atoms with van der Waals surface area (Å²) in [5.74, 6) is 0.758. The van der Waals surface area contributed by atoms with Gasteiger partial charge < -0.3 is 15.4 Å². The van der Waals surface area contributed by atoms with Gasteiger partial charge in [0, 0.05) is 40.7 Å². The van der Waals surface area contributed by atoms with Crippen molar-refractivity contribution in [3.8, 4) is 17.0 Å². The summed E-state index contributed by atoms with van der Waals surface area (Å²) in [6.45, 7) is 3.33. The van der Waals surface area contributed by atoms with Gasteiger partial charge in [-0.25, -0.2) is 9.97 Å². The molecule has 0 saturated heterocycles. The predicted octanol–water partition coefficient (Wildman–Crippen LogP) is 5.85. The van der Waals surface area contributed by atoms with Crippen LogP contribution in [0.3, 0.4) is 0 Å². The van der Waals surface area contributed by atoms with Crippen molar-refractivity contribution in [3.05, 3.63) is 75.7 Å². The van der Waals surface area contributed by atoms with E-state index in [1.165, 1.54) is 11.3 Å².